The average molecular weight is 573 g/mol. The van der Waals surface area contributed by atoms with Crippen LogP contribution in [0.5, 0.6) is 5.75 Å². The Bertz CT molecular complexity index is 932. The van der Waals surface area contributed by atoms with Gasteiger partial charge in [-0.3, -0.25) is 9.59 Å². The first-order valence-electron chi connectivity index (χ1n) is 15.0. The van der Waals surface area contributed by atoms with Crippen molar-refractivity contribution in [2.45, 2.75) is 110 Å². The molecule has 2 amide bonds. The minimum atomic E-state index is -1.26. The number of aliphatic carboxylic acids is 2. The van der Waals surface area contributed by atoms with Gasteiger partial charge >= 0.3 is 11.9 Å². The summed E-state index contributed by atoms with van der Waals surface area (Å²) < 4.78 is 5.84. The topological polar surface area (TPSA) is 142 Å². The van der Waals surface area contributed by atoms with E-state index in [9.17, 15) is 19.2 Å². The lowest BCUT2D eigenvalue weighted by atomic mass is 10.0. The van der Waals surface area contributed by atoms with Gasteiger partial charge in [-0.2, -0.15) is 0 Å². The van der Waals surface area contributed by atoms with Gasteiger partial charge in [-0.05, 0) is 12.5 Å². The molecule has 0 atom stereocenters. The number of rotatable bonds is 24. The van der Waals surface area contributed by atoms with Gasteiger partial charge in [-0.15, -0.1) is 0 Å². The summed E-state index contributed by atoms with van der Waals surface area (Å²) in [5.41, 5.74) is 0.569. The van der Waals surface area contributed by atoms with Crippen molar-refractivity contribution < 1.29 is 34.1 Å². The minimum absolute atomic E-state index is 0.284. The molecule has 0 saturated carbocycles. The zero-order chi connectivity index (χ0) is 30.1. The van der Waals surface area contributed by atoms with Crippen LogP contribution >= 0.6 is 0 Å². The third-order valence-corrected chi connectivity index (χ3v) is 6.46. The SMILES string of the molecule is CCCCCCCCCCCCCCCCCCOc1cc(NC(=O)C=CC(=O)O)cc(NC(=O)C=CC(=O)O)c1. The predicted octanol–water partition coefficient (Wildman–Crippen LogP) is 7.49. The van der Waals surface area contributed by atoms with Crippen LogP contribution in [0.2, 0.25) is 0 Å². The number of carbonyl (C=O) groups excluding carboxylic acids is 2. The monoisotopic (exact) mass is 572 g/mol. The Balaban J connectivity index is 2.35. The Kier molecular flexibility index (Phi) is 20.0. The molecule has 0 aromatic heterocycles. The largest absolute Gasteiger partial charge is 0.493 e. The lowest BCUT2D eigenvalue weighted by molar-refractivity contribution is -0.132. The summed E-state index contributed by atoms with van der Waals surface area (Å²) in [7, 11) is 0. The van der Waals surface area contributed by atoms with Crippen molar-refractivity contribution in [2.24, 2.45) is 0 Å². The van der Waals surface area contributed by atoms with E-state index in [-0.39, 0.29) is 11.4 Å². The van der Waals surface area contributed by atoms with E-state index in [0.717, 1.165) is 31.4 Å². The molecular weight excluding hydrogens is 524 g/mol. The molecule has 0 aliphatic rings. The molecule has 9 nitrogen and oxygen atoms in total. The number of carbonyl (C=O) groups is 4. The Morgan fingerprint density at radius 3 is 1.32 bits per heavy atom. The summed E-state index contributed by atoms with van der Waals surface area (Å²) in [5, 5.41) is 22.4. The van der Waals surface area contributed by atoms with E-state index < -0.39 is 23.8 Å². The molecule has 0 bridgehead atoms. The molecule has 0 radical (unpaired) electrons. The highest BCUT2D eigenvalue weighted by Crippen LogP contribution is 2.25. The van der Waals surface area contributed by atoms with Gasteiger partial charge in [0, 0.05) is 47.8 Å². The number of amides is 2. The van der Waals surface area contributed by atoms with E-state index >= 15 is 0 Å². The fourth-order valence-corrected chi connectivity index (χ4v) is 4.33. The highest BCUT2D eigenvalue weighted by Gasteiger charge is 2.08. The number of ether oxygens (including phenoxy) is 1. The third-order valence-electron chi connectivity index (χ3n) is 6.46. The summed E-state index contributed by atoms with van der Waals surface area (Å²) >= 11 is 0. The lowest BCUT2D eigenvalue weighted by Crippen LogP contribution is -2.12. The maximum Gasteiger partial charge on any atom is 0.328 e. The Labute approximate surface area is 244 Å². The fraction of sp³-hybridized carbons (Fsp3) is 0.562. The fourth-order valence-electron chi connectivity index (χ4n) is 4.33. The molecule has 41 heavy (non-hydrogen) atoms. The molecule has 1 rings (SSSR count). The number of benzene rings is 1. The second-order valence-corrected chi connectivity index (χ2v) is 10.2. The first kappa shape index (κ1) is 35.4. The van der Waals surface area contributed by atoms with Gasteiger partial charge in [0.25, 0.3) is 0 Å². The smallest absolute Gasteiger partial charge is 0.328 e. The molecule has 228 valence electrons. The molecule has 4 N–H and O–H groups in total. The van der Waals surface area contributed by atoms with Crippen molar-refractivity contribution >= 4 is 35.1 Å². The number of hydrogen-bond acceptors (Lipinski definition) is 5. The molecule has 9 heteroatoms. The minimum Gasteiger partial charge on any atom is -0.493 e. The second kappa shape index (κ2) is 23.1. The molecule has 0 heterocycles. The van der Waals surface area contributed by atoms with Crippen LogP contribution in [0, 0.1) is 0 Å². The normalized spacial score (nSPS) is 11.1. The van der Waals surface area contributed by atoms with Crippen molar-refractivity contribution in [1.82, 2.24) is 0 Å². The summed E-state index contributed by atoms with van der Waals surface area (Å²) in [6.45, 7) is 2.71. The first-order valence-corrected chi connectivity index (χ1v) is 15.0. The molecular formula is C32H48N2O7. The van der Waals surface area contributed by atoms with E-state index in [4.69, 9.17) is 14.9 Å². The molecule has 0 saturated heterocycles. The van der Waals surface area contributed by atoms with Gasteiger partial charge in [0.05, 0.1) is 6.61 Å². The Morgan fingerprint density at radius 1 is 0.585 bits per heavy atom. The van der Waals surface area contributed by atoms with Crippen LogP contribution < -0.4 is 15.4 Å². The lowest BCUT2D eigenvalue weighted by Gasteiger charge is -2.12. The molecule has 0 unspecified atom stereocenters. The van der Waals surface area contributed by atoms with E-state index in [1.807, 2.05) is 0 Å². The number of hydrogen-bond donors (Lipinski definition) is 4. The Morgan fingerprint density at radius 2 is 0.951 bits per heavy atom. The predicted molar refractivity (Wildman–Crippen MR) is 162 cm³/mol. The number of carboxylic acids is 2. The number of carboxylic acid groups (broad SMARTS) is 2. The summed E-state index contributed by atoms with van der Waals surface area (Å²) in [4.78, 5) is 45.3. The summed E-state index contributed by atoms with van der Waals surface area (Å²) in [6.07, 6.45) is 23.6. The van der Waals surface area contributed by atoms with Crippen LogP contribution in [-0.2, 0) is 19.2 Å². The molecule has 0 spiro atoms. The van der Waals surface area contributed by atoms with Crippen molar-refractivity contribution in [2.75, 3.05) is 17.2 Å². The molecule has 0 aliphatic carbocycles. The molecule has 1 aromatic carbocycles. The highest BCUT2D eigenvalue weighted by molar-refractivity contribution is 6.04. The van der Waals surface area contributed by atoms with E-state index in [1.165, 1.54) is 89.5 Å². The zero-order valence-electron chi connectivity index (χ0n) is 24.5. The average Bonchev–Trinajstić information content (AvgIpc) is 2.92. The van der Waals surface area contributed by atoms with Gasteiger partial charge in [0.1, 0.15) is 5.75 Å². The highest BCUT2D eigenvalue weighted by atomic mass is 16.5. The molecule has 0 aliphatic heterocycles. The summed E-state index contributed by atoms with van der Waals surface area (Å²) in [5.74, 6) is -3.43. The van der Waals surface area contributed by atoms with Crippen molar-refractivity contribution in [3.63, 3.8) is 0 Å². The van der Waals surface area contributed by atoms with Crippen LogP contribution in [0.1, 0.15) is 110 Å². The van der Waals surface area contributed by atoms with Gasteiger partial charge in [-0.1, -0.05) is 103 Å². The Hall–Kier alpha value is -3.62. The molecule has 0 fully saturated rings. The van der Waals surface area contributed by atoms with Crippen LogP contribution in [0.3, 0.4) is 0 Å². The van der Waals surface area contributed by atoms with E-state index in [0.29, 0.717) is 24.5 Å². The maximum atomic E-state index is 12.0. The number of nitrogens with one attached hydrogen (secondary N) is 2. The summed E-state index contributed by atoms with van der Waals surface area (Å²) in [6, 6.07) is 4.60. The van der Waals surface area contributed by atoms with Gasteiger partial charge < -0.3 is 25.6 Å². The first-order chi connectivity index (χ1) is 19.8. The van der Waals surface area contributed by atoms with E-state index in [1.54, 1.807) is 12.1 Å². The van der Waals surface area contributed by atoms with Crippen LogP contribution in [0.25, 0.3) is 0 Å². The van der Waals surface area contributed by atoms with Crippen LogP contribution in [-0.4, -0.2) is 40.6 Å². The van der Waals surface area contributed by atoms with Crippen molar-refractivity contribution in [1.29, 1.82) is 0 Å². The zero-order valence-corrected chi connectivity index (χ0v) is 24.5. The standard InChI is InChI=1S/C32H48N2O7/c1-2-3-4-5-6-7-8-9-10-11-12-13-14-15-16-17-22-41-28-24-26(33-29(35)18-20-31(37)38)23-27(25-28)34-30(36)19-21-32(39)40/h18-21,23-25H,2-17,22H2,1H3,(H,33,35)(H,34,36)(H,37,38)(H,39,40). The van der Waals surface area contributed by atoms with E-state index in [2.05, 4.69) is 17.6 Å². The second-order valence-electron chi connectivity index (χ2n) is 10.2. The van der Waals surface area contributed by atoms with Gasteiger partial charge in [0.15, 0.2) is 0 Å². The van der Waals surface area contributed by atoms with Crippen LogP contribution in [0.4, 0.5) is 11.4 Å². The number of unbranched alkanes of at least 4 members (excludes halogenated alkanes) is 15. The van der Waals surface area contributed by atoms with Gasteiger partial charge in [-0.25, -0.2) is 9.59 Å². The van der Waals surface area contributed by atoms with Crippen LogP contribution in [0.15, 0.2) is 42.5 Å². The quantitative estimate of drug-likeness (QED) is 0.0742. The van der Waals surface area contributed by atoms with Crippen molar-refractivity contribution in [3.8, 4) is 5.75 Å². The maximum absolute atomic E-state index is 12.0. The van der Waals surface area contributed by atoms with Crippen molar-refractivity contribution in [3.05, 3.63) is 42.5 Å². The molecule has 1 aromatic rings. The van der Waals surface area contributed by atoms with Gasteiger partial charge in [0.2, 0.25) is 11.8 Å². The third kappa shape index (κ3) is 20.9. The number of anilines is 2.